The predicted molar refractivity (Wildman–Crippen MR) is 131 cm³/mol. The van der Waals surface area contributed by atoms with E-state index in [0.29, 0.717) is 46.8 Å². The van der Waals surface area contributed by atoms with E-state index >= 15 is 0 Å². The number of nitrogens with one attached hydrogen (secondary N) is 1. The molecule has 1 aromatic carbocycles. The number of hydrogen-bond donors (Lipinski definition) is 1. The van der Waals surface area contributed by atoms with Crippen LogP contribution in [0.5, 0.6) is 0 Å². The average Bonchev–Trinajstić information content (AvgIpc) is 3.55. The third kappa shape index (κ3) is 4.90. The molecule has 0 fully saturated rings. The van der Waals surface area contributed by atoms with E-state index in [9.17, 15) is 14.4 Å². The second-order valence-corrected chi connectivity index (χ2v) is 8.68. The number of thioether (sulfide) groups is 1. The largest absolute Gasteiger partial charge is 0.467 e. The standard InChI is InChI=1S/C25H23FN6O2S/c1-4-11-31-24(19-9-5-6-10-21(19)26)29-30-25(31)35-15-22(33)28-23-20(13-27)16(2)17(3)32(23)14-18-8-7-12-34-18/h4-10,12H,1,11,14-15H2,2-3H3,(H,28,33). The van der Waals surface area contributed by atoms with Gasteiger partial charge in [-0.1, -0.05) is 30.0 Å². The maximum absolute atomic E-state index is 14.3. The summed E-state index contributed by atoms with van der Waals surface area (Å²) in [6, 6.07) is 12.1. The molecule has 178 valence electrons. The van der Waals surface area contributed by atoms with Gasteiger partial charge >= 0.3 is 0 Å². The summed E-state index contributed by atoms with van der Waals surface area (Å²) in [6.45, 7) is 8.23. The molecule has 0 saturated heterocycles. The Morgan fingerprint density at radius 2 is 2.06 bits per heavy atom. The zero-order valence-corrected chi connectivity index (χ0v) is 20.1. The van der Waals surface area contributed by atoms with E-state index in [1.807, 2.05) is 24.5 Å². The molecule has 4 rings (SSSR count). The first-order valence-electron chi connectivity index (χ1n) is 10.8. The van der Waals surface area contributed by atoms with Gasteiger partial charge in [-0.05, 0) is 43.7 Å². The van der Waals surface area contributed by atoms with Crippen molar-refractivity contribution in [1.29, 1.82) is 5.26 Å². The molecule has 0 unspecified atom stereocenters. The fourth-order valence-corrected chi connectivity index (χ4v) is 4.46. The van der Waals surface area contributed by atoms with Crippen molar-refractivity contribution in [1.82, 2.24) is 19.3 Å². The molecule has 0 bridgehead atoms. The zero-order valence-electron chi connectivity index (χ0n) is 19.3. The minimum atomic E-state index is -0.411. The van der Waals surface area contributed by atoms with Gasteiger partial charge in [0.05, 0.1) is 29.7 Å². The average molecular weight is 491 g/mol. The van der Waals surface area contributed by atoms with Crippen LogP contribution in [-0.4, -0.2) is 31.0 Å². The molecule has 0 aliphatic heterocycles. The molecular weight excluding hydrogens is 467 g/mol. The molecule has 35 heavy (non-hydrogen) atoms. The maximum atomic E-state index is 14.3. The second-order valence-electron chi connectivity index (χ2n) is 7.73. The number of anilines is 1. The number of amides is 1. The van der Waals surface area contributed by atoms with E-state index in [1.54, 1.807) is 41.2 Å². The lowest BCUT2D eigenvalue weighted by Crippen LogP contribution is -2.19. The molecule has 0 saturated carbocycles. The number of carbonyl (C=O) groups is 1. The number of rotatable bonds is 9. The van der Waals surface area contributed by atoms with Crippen LogP contribution >= 0.6 is 11.8 Å². The van der Waals surface area contributed by atoms with E-state index < -0.39 is 5.82 Å². The maximum Gasteiger partial charge on any atom is 0.235 e. The van der Waals surface area contributed by atoms with Crippen molar-refractivity contribution in [3.63, 3.8) is 0 Å². The molecule has 10 heteroatoms. The first kappa shape index (κ1) is 24.0. The molecule has 0 atom stereocenters. The van der Waals surface area contributed by atoms with Gasteiger partial charge in [0.1, 0.15) is 23.5 Å². The Morgan fingerprint density at radius 3 is 2.74 bits per heavy atom. The molecule has 3 aromatic heterocycles. The lowest BCUT2D eigenvalue weighted by molar-refractivity contribution is -0.113. The third-order valence-corrected chi connectivity index (χ3v) is 6.54. The monoisotopic (exact) mass is 490 g/mol. The zero-order chi connectivity index (χ0) is 24.9. The van der Waals surface area contributed by atoms with Gasteiger partial charge in [0, 0.05) is 12.2 Å². The van der Waals surface area contributed by atoms with Crippen LogP contribution in [0.3, 0.4) is 0 Å². The van der Waals surface area contributed by atoms with Gasteiger partial charge in [0.2, 0.25) is 5.91 Å². The number of allylic oxidation sites excluding steroid dienone is 1. The summed E-state index contributed by atoms with van der Waals surface area (Å²) in [4.78, 5) is 12.9. The second kappa shape index (κ2) is 10.4. The van der Waals surface area contributed by atoms with Gasteiger partial charge in [0.15, 0.2) is 11.0 Å². The molecule has 0 spiro atoms. The first-order chi connectivity index (χ1) is 16.9. The summed E-state index contributed by atoms with van der Waals surface area (Å²) in [6.07, 6.45) is 3.24. The highest BCUT2D eigenvalue weighted by atomic mass is 32.2. The van der Waals surface area contributed by atoms with Gasteiger partial charge in [-0.15, -0.1) is 16.8 Å². The summed E-state index contributed by atoms with van der Waals surface area (Å²) < 4.78 is 23.3. The Hall–Kier alpha value is -4.10. The molecule has 1 N–H and O–H groups in total. The lowest BCUT2D eigenvalue weighted by Gasteiger charge is -2.12. The smallest absolute Gasteiger partial charge is 0.235 e. The van der Waals surface area contributed by atoms with Crippen molar-refractivity contribution in [3.8, 4) is 17.5 Å². The molecule has 0 radical (unpaired) electrons. The van der Waals surface area contributed by atoms with Crippen molar-refractivity contribution < 1.29 is 13.6 Å². The van der Waals surface area contributed by atoms with E-state index in [-0.39, 0.29) is 11.7 Å². The molecule has 4 aromatic rings. The number of benzene rings is 1. The molecule has 3 heterocycles. The molecular formula is C25H23FN6O2S. The van der Waals surface area contributed by atoms with Crippen molar-refractivity contribution in [2.75, 3.05) is 11.1 Å². The number of aromatic nitrogens is 4. The summed E-state index contributed by atoms with van der Waals surface area (Å²) in [5.74, 6) is 0.773. The molecule has 0 aliphatic rings. The lowest BCUT2D eigenvalue weighted by atomic mass is 10.2. The van der Waals surface area contributed by atoms with E-state index in [1.165, 1.54) is 17.8 Å². The summed E-state index contributed by atoms with van der Waals surface area (Å²) in [5.41, 5.74) is 2.38. The summed E-state index contributed by atoms with van der Waals surface area (Å²) in [5, 5.41) is 21.3. The van der Waals surface area contributed by atoms with Crippen molar-refractivity contribution in [3.05, 3.63) is 83.7 Å². The summed E-state index contributed by atoms with van der Waals surface area (Å²) >= 11 is 1.17. The highest BCUT2D eigenvalue weighted by Gasteiger charge is 2.22. The van der Waals surface area contributed by atoms with Gasteiger partial charge < -0.3 is 14.3 Å². The number of nitriles is 1. The van der Waals surface area contributed by atoms with Crippen LogP contribution in [0.4, 0.5) is 10.2 Å². The number of halogens is 1. The topological polar surface area (TPSA) is 102 Å². The third-order valence-electron chi connectivity index (χ3n) is 5.57. The number of carbonyl (C=O) groups excluding carboxylic acids is 1. The van der Waals surface area contributed by atoms with Crippen LogP contribution in [0.25, 0.3) is 11.4 Å². The summed E-state index contributed by atoms with van der Waals surface area (Å²) in [7, 11) is 0. The van der Waals surface area contributed by atoms with E-state index in [0.717, 1.165) is 11.3 Å². The molecule has 0 aliphatic carbocycles. The minimum Gasteiger partial charge on any atom is -0.467 e. The van der Waals surface area contributed by atoms with Crippen LogP contribution in [0.15, 0.2) is 64.9 Å². The van der Waals surface area contributed by atoms with E-state index in [2.05, 4.69) is 28.2 Å². The van der Waals surface area contributed by atoms with Gasteiger partial charge in [-0.2, -0.15) is 5.26 Å². The SMILES string of the molecule is C=CCn1c(SCC(=O)Nc2c(C#N)c(C)c(C)n2Cc2ccco2)nnc1-c1ccccc1F. The number of nitrogens with zero attached hydrogens (tertiary/aromatic N) is 5. The fourth-order valence-electron chi connectivity index (χ4n) is 3.72. The fraction of sp³-hybridized carbons (Fsp3) is 0.200. The van der Waals surface area contributed by atoms with Crippen LogP contribution < -0.4 is 5.32 Å². The Bertz CT molecular complexity index is 1410. The Labute approximate surface area is 206 Å². The normalized spacial score (nSPS) is 10.8. The first-order valence-corrected chi connectivity index (χ1v) is 11.8. The number of hydrogen-bond acceptors (Lipinski definition) is 6. The van der Waals surface area contributed by atoms with Crippen molar-refractivity contribution in [2.45, 2.75) is 32.1 Å². The van der Waals surface area contributed by atoms with Crippen LogP contribution in [0.1, 0.15) is 22.6 Å². The predicted octanol–water partition coefficient (Wildman–Crippen LogP) is 4.93. The van der Waals surface area contributed by atoms with Crippen molar-refractivity contribution >= 4 is 23.5 Å². The van der Waals surface area contributed by atoms with Crippen LogP contribution in [-0.2, 0) is 17.9 Å². The van der Waals surface area contributed by atoms with E-state index in [4.69, 9.17) is 4.42 Å². The van der Waals surface area contributed by atoms with Crippen molar-refractivity contribution in [2.24, 2.45) is 0 Å². The van der Waals surface area contributed by atoms with Crippen LogP contribution in [0, 0.1) is 31.0 Å². The highest BCUT2D eigenvalue weighted by molar-refractivity contribution is 7.99. The van der Waals surface area contributed by atoms with Crippen LogP contribution in [0.2, 0.25) is 0 Å². The Morgan fingerprint density at radius 1 is 1.26 bits per heavy atom. The molecule has 8 nitrogen and oxygen atoms in total. The molecule has 1 amide bonds. The highest BCUT2D eigenvalue weighted by Crippen LogP contribution is 2.29. The quantitative estimate of drug-likeness (QED) is 0.264. The van der Waals surface area contributed by atoms with Gasteiger partial charge in [-0.25, -0.2) is 4.39 Å². The minimum absolute atomic E-state index is 0.0153. The Balaban J connectivity index is 1.55. The van der Waals surface area contributed by atoms with Gasteiger partial charge in [-0.3, -0.25) is 9.36 Å². The number of furan rings is 1. The van der Waals surface area contributed by atoms with Gasteiger partial charge in [0.25, 0.3) is 0 Å². The Kier molecular flexibility index (Phi) is 7.17.